The standard InChI is InChI=1S/C31H53N3O4S/c1-20(2)13-14-23(5)34(28(36)25(15-16-39-12)32-29(37)38-31(9,10)11)26(27(35)33-30(6,7)8)24-18-21(3)17-22(4)19-24/h17-20,23,25-26H,13-16H2,1-12H3,(H,32,37)(H,33,35). The highest BCUT2D eigenvalue weighted by Crippen LogP contribution is 2.30. The van der Waals surface area contributed by atoms with Crippen LogP contribution in [0.25, 0.3) is 0 Å². The van der Waals surface area contributed by atoms with Crippen molar-refractivity contribution in [2.45, 2.75) is 125 Å². The number of aryl methyl sites for hydroxylation is 2. The van der Waals surface area contributed by atoms with Crippen molar-refractivity contribution in [1.82, 2.24) is 15.5 Å². The van der Waals surface area contributed by atoms with Crippen molar-refractivity contribution in [1.29, 1.82) is 0 Å². The SMILES string of the molecule is CSCCC(NC(=O)OC(C)(C)C)C(=O)N(C(C)CCC(C)C)C(C(=O)NC(C)(C)C)c1cc(C)cc(C)c1. The van der Waals surface area contributed by atoms with Gasteiger partial charge in [0, 0.05) is 11.6 Å². The normalized spacial score (nSPS) is 14.4. The van der Waals surface area contributed by atoms with E-state index in [0.717, 1.165) is 29.5 Å². The number of carbonyl (C=O) groups excluding carboxylic acids is 3. The fourth-order valence-corrected chi connectivity index (χ4v) is 4.95. The number of alkyl carbamates (subject to hydrolysis) is 1. The van der Waals surface area contributed by atoms with Crippen molar-refractivity contribution in [2.24, 2.45) is 5.92 Å². The molecule has 2 N–H and O–H groups in total. The molecule has 39 heavy (non-hydrogen) atoms. The van der Waals surface area contributed by atoms with Crippen molar-refractivity contribution < 1.29 is 19.1 Å². The van der Waals surface area contributed by atoms with Gasteiger partial charge in [0.2, 0.25) is 11.8 Å². The maximum Gasteiger partial charge on any atom is 0.408 e. The van der Waals surface area contributed by atoms with E-state index >= 15 is 0 Å². The molecule has 222 valence electrons. The first-order valence-corrected chi connectivity index (χ1v) is 15.4. The number of ether oxygens (including phenoxy) is 1. The van der Waals surface area contributed by atoms with Gasteiger partial charge in [-0.05, 0) is 105 Å². The zero-order valence-corrected chi connectivity index (χ0v) is 27.2. The summed E-state index contributed by atoms with van der Waals surface area (Å²) < 4.78 is 5.50. The molecule has 0 heterocycles. The Hall–Kier alpha value is -2.22. The summed E-state index contributed by atoms with van der Waals surface area (Å²) in [5.41, 5.74) is 1.62. The van der Waals surface area contributed by atoms with Gasteiger partial charge < -0.3 is 20.3 Å². The third-order valence-corrected chi connectivity index (χ3v) is 6.72. The number of amides is 3. The Bertz CT molecular complexity index is 945. The van der Waals surface area contributed by atoms with Crippen LogP contribution in [0, 0.1) is 19.8 Å². The molecule has 1 aromatic carbocycles. The van der Waals surface area contributed by atoms with Gasteiger partial charge in [-0.3, -0.25) is 9.59 Å². The summed E-state index contributed by atoms with van der Waals surface area (Å²) >= 11 is 1.60. The van der Waals surface area contributed by atoms with Crippen LogP contribution < -0.4 is 10.6 Å². The summed E-state index contributed by atoms with van der Waals surface area (Å²) in [6.45, 7) is 21.5. The Kier molecular flexibility index (Phi) is 13.4. The second-order valence-electron chi connectivity index (χ2n) is 13.1. The van der Waals surface area contributed by atoms with E-state index in [4.69, 9.17) is 4.74 Å². The van der Waals surface area contributed by atoms with Crippen LogP contribution in [0.2, 0.25) is 0 Å². The Morgan fingerprint density at radius 2 is 1.49 bits per heavy atom. The molecule has 1 aromatic rings. The molecule has 0 saturated carbocycles. The summed E-state index contributed by atoms with van der Waals surface area (Å²) in [5.74, 6) is 0.597. The van der Waals surface area contributed by atoms with Gasteiger partial charge in [-0.15, -0.1) is 0 Å². The number of hydrogen-bond acceptors (Lipinski definition) is 5. The highest BCUT2D eigenvalue weighted by molar-refractivity contribution is 7.98. The lowest BCUT2D eigenvalue weighted by Gasteiger charge is -2.40. The molecule has 0 radical (unpaired) electrons. The molecular weight excluding hydrogens is 510 g/mol. The molecule has 3 unspecified atom stereocenters. The predicted molar refractivity (Wildman–Crippen MR) is 163 cm³/mol. The van der Waals surface area contributed by atoms with E-state index in [0.29, 0.717) is 18.1 Å². The monoisotopic (exact) mass is 563 g/mol. The van der Waals surface area contributed by atoms with Gasteiger partial charge in [0.15, 0.2) is 0 Å². The Morgan fingerprint density at radius 3 is 1.95 bits per heavy atom. The van der Waals surface area contributed by atoms with E-state index in [1.807, 2.05) is 59.9 Å². The molecule has 8 heteroatoms. The van der Waals surface area contributed by atoms with Crippen LogP contribution in [0.1, 0.15) is 104 Å². The maximum atomic E-state index is 14.5. The van der Waals surface area contributed by atoms with Gasteiger partial charge in [0.1, 0.15) is 17.7 Å². The highest BCUT2D eigenvalue weighted by atomic mass is 32.2. The van der Waals surface area contributed by atoms with E-state index in [2.05, 4.69) is 30.5 Å². The largest absolute Gasteiger partial charge is 0.444 e. The summed E-state index contributed by atoms with van der Waals surface area (Å²) in [6, 6.07) is 4.09. The third-order valence-electron chi connectivity index (χ3n) is 6.08. The summed E-state index contributed by atoms with van der Waals surface area (Å²) in [6.07, 6.45) is 3.38. The Labute approximate surface area is 241 Å². The topological polar surface area (TPSA) is 87.7 Å². The zero-order valence-electron chi connectivity index (χ0n) is 26.4. The molecule has 0 aliphatic heterocycles. The van der Waals surface area contributed by atoms with Crippen molar-refractivity contribution in [2.75, 3.05) is 12.0 Å². The van der Waals surface area contributed by atoms with Crippen LogP contribution >= 0.6 is 11.8 Å². The number of thioether (sulfide) groups is 1. The first-order valence-electron chi connectivity index (χ1n) is 14.1. The second-order valence-corrected chi connectivity index (χ2v) is 14.1. The molecule has 3 atom stereocenters. The van der Waals surface area contributed by atoms with E-state index in [1.165, 1.54) is 0 Å². The fraction of sp³-hybridized carbons (Fsp3) is 0.710. The van der Waals surface area contributed by atoms with Crippen LogP contribution in [0.3, 0.4) is 0 Å². The molecule has 0 bridgehead atoms. The van der Waals surface area contributed by atoms with E-state index in [1.54, 1.807) is 37.4 Å². The lowest BCUT2D eigenvalue weighted by atomic mass is 9.94. The van der Waals surface area contributed by atoms with Crippen LogP contribution in [-0.4, -0.2) is 58.0 Å². The van der Waals surface area contributed by atoms with E-state index in [-0.39, 0.29) is 17.9 Å². The number of hydrogen-bond donors (Lipinski definition) is 2. The smallest absolute Gasteiger partial charge is 0.408 e. The molecule has 0 saturated heterocycles. The molecule has 1 rings (SSSR count). The number of carbonyl (C=O) groups is 3. The molecule has 0 aromatic heterocycles. The maximum absolute atomic E-state index is 14.5. The number of benzene rings is 1. The minimum Gasteiger partial charge on any atom is -0.444 e. The number of rotatable bonds is 12. The lowest BCUT2D eigenvalue weighted by Crippen LogP contribution is -2.57. The van der Waals surface area contributed by atoms with Crippen molar-refractivity contribution in [3.63, 3.8) is 0 Å². The zero-order chi connectivity index (χ0) is 30.1. The minimum atomic E-state index is -0.852. The van der Waals surface area contributed by atoms with Gasteiger partial charge in [0.25, 0.3) is 0 Å². The summed E-state index contributed by atoms with van der Waals surface area (Å²) in [5, 5.41) is 5.94. The quantitative estimate of drug-likeness (QED) is 0.301. The third kappa shape index (κ3) is 12.7. The average molecular weight is 564 g/mol. The van der Waals surface area contributed by atoms with Crippen LogP contribution in [-0.2, 0) is 14.3 Å². The van der Waals surface area contributed by atoms with Gasteiger partial charge in [0.05, 0.1) is 0 Å². The summed E-state index contributed by atoms with van der Waals surface area (Å²) in [4.78, 5) is 43.0. The van der Waals surface area contributed by atoms with Crippen LogP contribution in [0.15, 0.2) is 18.2 Å². The molecule has 7 nitrogen and oxygen atoms in total. The Morgan fingerprint density at radius 1 is 0.923 bits per heavy atom. The van der Waals surface area contributed by atoms with Crippen molar-refractivity contribution in [3.05, 3.63) is 34.9 Å². The van der Waals surface area contributed by atoms with Gasteiger partial charge >= 0.3 is 6.09 Å². The minimum absolute atomic E-state index is 0.238. The summed E-state index contributed by atoms with van der Waals surface area (Å²) in [7, 11) is 0. The van der Waals surface area contributed by atoms with Gasteiger partial charge in [-0.1, -0.05) is 43.2 Å². The average Bonchev–Trinajstić information content (AvgIpc) is 2.74. The number of nitrogens with zero attached hydrogens (tertiary/aromatic N) is 1. The van der Waals surface area contributed by atoms with Crippen LogP contribution in [0.4, 0.5) is 4.79 Å². The predicted octanol–water partition coefficient (Wildman–Crippen LogP) is 6.56. The molecule has 0 spiro atoms. The first kappa shape index (κ1) is 34.8. The van der Waals surface area contributed by atoms with E-state index in [9.17, 15) is 14.4 Å². The van der Waals surface area contributed by atoms with Crippen LogP contribution in [0.5, 0.6) is 0 Å². The van der Waals surface area contributed by atoms with Crippen molar-refractivity contribution in [3.8, 4) is 0 Å². The molecule has 0 aliphatic carbocycles. The first-order chi connectivity index (χ1) is 17.8. The number of nitrogens with one attached hydrogen (secondary N) is 2. The second kappa shape index (κ2) is 15.0. The van der Waals surface area contributed by atoms with Gasteiger partial charge in [-0.2, -0.15) is 11.8 Å². The van der Waals surface area contributed by atoms with E-state index < -0.39 is 29.3 Å². The van der Waals surface area contributed by atoms with Crippen molar-refractivity contribution >= 4 is 29.7 Å². The lowest BCUT2D eigenvalue weighted by molar-refractivity contribution is -0.145. The molecule has 3 amide bonds. The highest BCUT2D eigenvalue weighted by Gasteiger charge is 2.39. The molecule has 0 aliphatic rings. The molecule has 0 fully saturated rings. The fourth-order valence-electron chi connectivity index (χ4n) is 4.48. The Balaban J connectivity index is 3.70. The van der Waals surface area contributed by atoms with Gasteiger partial charge in [-0.25, -0.2) is 4.79 Å². The molecular formula is C31H53N3O4S.